The van der Waals surface area contributed by atoms with Gasteiger partial charge in [0.25, 0.3) is 0 Å². The Hall–Kier alpha value is -4.60. The largest absolute Gasteiger partial charge is 0.480 e. The standard InChI is InChI=1S/C59H87I2N7O14/c1-14-23-59(61)32-58(9,60)39-26-44(69)67(54(39)75)29-38(30-68-45(70)27-40(59)55(68)76)82-31-47(72)64(10)49(34(5)6)53(74)63-48(33(3)4)56(77)65(11)50(35(7)15-2)43(80-12)28-46(71)66-24-19-22-42(66)51(81-13)36(8)52(73)62-41(57(78)79)25-37-20-17-16-18-21-37/h14,16-18,20-21,33-36,38-43,48-51H,1,15,19,22-32H2,2-13H3,(H,62,73)(H,63,74)(H,78,79)/t35-,36+,38?,39?,40?,41?,42-,43+,48-,49-,50-,51+,58?,59?/m0/s1. The van der Waals surface area contributed by atoms with Crippen LogP contribution in [0.1, 0.15) is 112 Å². The number of carbonyl (C=O) groups is 10. The van der Waals surface area contributed by atoms with E-state index in [2.05, 4.69) is 62.4 Å². The fourth-order valence-corrected chi connectivity index (χ4v) is 16.0. The first-order valence-electron chi connectivity index (χ1n) is 28.5. The highest BCUT2D eigenvalue weighted by molar-refractivity contribution is 14.1. The van der Waals surface area contributed by atoms with E-state index < -0.39 is 145 Å². The van der Waals surface area contributed by atoms with Crippen LogP contribution >= 0.6 is 45.2 Å². The zero-order valence-corrected chi connectivity index (χ0v) is 54.0. The summed E-state index contributed by atoms with van der Waals surface area (Å²) in [5.74, 6) is -8.79. The predicted octanol–water partition coefficient (Wildman–Crippen LogP) is 4.83. The maximum absolute atomic E-state index is 14.9. The Balaban J connectivity index is 1.29. The van der Waals surface area contributed by atoms with Crippen LogP contribution in [0, 0.1) is 35.5 Å². The maximum Gasteiger partial charge on any atom is 0.326 e. The molecule has 1 aromatic rings. The molecular formula is C59H87I2N7O14. The van der Waals surface area contributed by atoms with Crippen LogP contribution in [0.2, 0.25) is 0 Å². The Morgan fingerprint density at radius 2 is 1.45 bits per heavy atom. The van der Waals surface area contributed by atoms with Crippen molar-refractivity contribution in [3.8, 4) is 0 Å². The summed E-state index contributed by atoms with van der Waals surface area (Å²) >= 11 is 4.41. The van der Waals surface area contributed by atoms with Gasteiger partial charge in [-0.2, -0.15) is 0 Å². The number of methoxy groups -OCH3 is 2. The Labute approximate surface area is 510 Å². The topological polar surface area (TPSA) is 259 Å². The minimum absolute atomic E-state index is 0.0456. The molecule has 14 atom stereocenters. The quantitative estimate of drug-likeness (QED) is 0.0486. The smallest absolute Gasteiger partial charge is 0.326 e. The van der Waals surface area contributed by atoms with Gasteiger partial charge in [0.05, 0.1) is 67.7 Å². The summed E-state index contributed by atoms with van der Waals surface area (Å²) in [5, 5.41) is 15.6. The molecule has 0 radical (unpaired) electrons. The van der Waals surface area contributed by atoms with E-state index in [4.69, 9.17) is 14.2 Å². The molecule has 4 aliphatic heterocycles. The number of carboxylic acids is 1. The number of aliphatic carboxylic acids is 1. The number of amides is 9. The molecule has 4 bridgehead atoms. The average molecular weight is 1370 g/mol. The summed E-state index contributed by atoms with van der Waals surface area (Å²) in [5.41, 5.74) is 0.744. The van der Waals surface area contributed by atoms with Gasteiger partial charge in [-0.3, -0.25) is 53.0 Å². The van der Waals surface area contributed by atoms with Crippen molar-refractivity contribution in [1.82, 2.24) is 35.1 Å². The minimum atomic E-state index is -1.19. The molecular weight excluding hydrogens is 1280 g/mol. The summed E-state index contributed by atoms with van der Waals surface area (Å²) in [4.78, 5) is 146. The van der Waals surface area contributed by atoms with Crippen LogP contribution in [0.25, 0.3) is 0 Å². The van der Waals surface area contributed by atoms with Crippen molar-refractivity contribution in [2.45, 2.75) is 169 Å². The van der Waals surface area contributed by atoms with Gasteiger partial charge in [0.15, 0.2) is 0 Å². The molecule has 4 fully saturated rings. The number of nitrogens with one attached hydrogen (secondary N) is 2. The molecule has 0 saturated carbocycles. The average Bonchev–Trinajstić information content (AvgIpc) is 3.72. The second kappa shape index (κ2) is 29.5. The first kappa shape index (κ1) is 68.2. The van der Waals surface area contributed by atoms with Crippen molar-refractivity contribution in [1.29, 1.82) is 0 Å². The van der Waals surface area contributed by atoms with Gasteiger partial charge in [-0.15, -0.1) is 6.58 Å². The van der Waals surface area contributed by atoms with Crippen molar-refractivity contribution < 1.29 is 67.3 Å². The van der Waals surface area contributed by atoms with E-state index >= 15 is 0 Å². The molecule has 4 saturated heterocycles. The van der Waals surface area contributed by atoms with E-state index in [1.807, 2.05) is 26.8 Å². The fourth-order valence-electron chi connectivity index (χ4n) is 12.5. The number of fused-ring (bicyclic) bond motifs is 4. The molecule has 456 valence electrons. The van der Waals surface area contributed by atoms with Crippen molar-refractivity contribution in [3.05, 3.63) is 48.6 Å². The predicted molar refractivity (Wildman–Crippen MR) is 322 cm³/mol. The number of likely N-dealkylation sites (tertiary alicyclic amines) is 1. The Kier molecular flexibility index (Phi) is 24.5. The summed E-state index contributed by atoms with van der Waals surface area (Å²) in [6.07, 6.45) is 1.30. The number of allylic oxidation sites excluding steroid dienone is 1. The highest BCUT2D eigenvalue weighted by Crippen LogP contribution is 2.51. The second-order valence-electron chi connectivity index (χ2n) is 23.7. The van der Waals surface area contributed by atoms with E-state index in [-0.39, 0.29) is 50.6 Å². The van der Waals surface area contributed by atoms with E-state index in [1.165, 1.54) is 31.1 Å². The Morgan fingerprint density at radius 1 is 0.854 bits per heavy atom. The molecule has 4 aliphatic rings. The summed E-state index contributed by atoms with van der Waals surface area (Å²) < 4.78 is 16.6. The van der Waals surface area contributed by atoms with Crippen LogP contribution in [0.5, 0.6) is 0 Å². The minimum Gasteiger partial charge on any atom is -0.480 e. The molecule has 0 aromatic heterocycles. The summed E-state index contributed by atoms with van der Waals surface area (Å²) in [6.45, 7) is 17.5. The number of hydrogen-bond donors (Lipinski definition) is 3. The van der Waals surface area contributed by atoms with E-state index in [0.717, 1.165) is 15.4 Å². The summed E-state index contributed by atoms with van der Waals surface area (Å²) in [7, 11) is 5.98. The normalized spacial score (nSPS) is 26.0. The number of nitrogens with zero attached hydrogens (tertiary/aromatic N) is 5. The second-order valence-corrected chi connectivity index (χ2v) is 28.3. The molecule has 6 unspecified atom stereocenters. The van der Waals surface area contributed by atoms with Gasteiger partial charge in [0, 0.05) is 61.0 Å². The molecule has 5 rings (SSSR count). The first-order valence-corrected chi connectivity index (χ1v) is 30.7. The third-order valence-corrected chi connectivity index (χ3v) is 20.0. The lowest BCUT2D eigenvalue weighted by Crippen LogP contribution is -2.60. The molecule has 21 nitrogen and oxygen atoms in total. The van der Waals surface area contributed by atoms with Gasteiger partial charge in [-0.1, -0.05) is 136 Å². The third-order valence-electron chi connectivity index (χ3n) is 17.3. The Morgan fingerprint density at radius 3 is 1.99 bits per heavy atom. The SMILES string of the molecule is C=CCC1(I)CC(C)(I)C2CC(=O)N(CC(OCC(=O)N(C)[C@H](C(=O)N[C@H](C(=O)N(C)[C@@H]([C@@H](C)CC)[C@@H](CC(=O)N3CCC[C@H]3[C@H](OC)[C@@H](C)C(=O)NC(Cc3ccccc3)C(=O)O)OC)C(C)C)C(C)C)CN3C(=O)CC1C3=O)C2=O. The highest BCUT2D eigenvalue weighted by Gasteiger charge is 2.57. The van der Waals surface area contributed by atoms with Crippen LogP contribution < -0.4 is 10.6 Å². The number of carbonyl (C=O) groups excluding carboxylic acids is 9. The molecule has 0 spiro atoms. The molecule has 9 amide bonds. The number of likely N-dealkylation sites (N-methyl/N-ethyl adjacent to an activating group) is 2. The monoisotopic (exact) mass is 1370 g/mol. The van der Waals surface area contributed by atoms with E-state index in [1.54, 1.807) is 76.9 Å². The van der Waals surface area contributed by atoms with E-state index in [0.29, 0.717) is 38.6 Å². The fraction of sp³-hybridized carbons (Fsp3) is 0.695. The van der Waals surface area contributed by atoms with Crippen molar-refractivity contribution in [3.63, 3.8) is 0 Å². The lowest BCUT2D eigenvalue weighted by molar-refractivity contribution is -0.151. The van der Waals surface area contributed by atoms with Gasteiger partial charge >= 0.3 is 5.97 Å². The maximum atomic E-state index is 14.9. The molecule has 82 heavy (non-hydrogen) atoms. The zero-order valence-electron chi connectivity index (χ0n) is 49.7. The number of benzene rings is 1. The van der Waals surface area contributed by atoms with Crippen LogP contribution in [-0.2, 0) is 68.6 Å². The summed E-state index contributed by atoms with van der Waals surface area (Å²) in [6, 6.07) is 4.38. The van der Waals surface area contributed by atoms with Crippen LogP contribution in [-0.4, -0.2) is 199 Å². The number of carboxylic acid groups (broad SMARTS) is 1. The Bertz CT molecular complexity index is 2520. The van der Waals surface area contributed by atoms with Crippen molar-refractivity contribution in [2.75, 3.05) is 54.6 Å². The molecule has 23 heteroatoms. The van der Waals surface area contributed by atoms with Gasteiger partial charge in [-0.05, 0) is 55.9 Å². The molecule has 4 heterocycles. The number of halogens is 2. The lowest BCUT2D eigenvalue weighted by atomic mass is 9.77. The van der Waals surface area contributed by atoms with Crippen LogP contribution in [0.3, 0.4) is 0 Å². The molecule has 1 aromatic carbocycles. The van der Waals surface area contributed by atoms with Gasteiger partial charge in [-0.25, -0.2) is 4.79 Å². The number of alkyl halides is 2. The van der Waals surface area contributed by atoms with Crippen LogP contribution in [0.4, 0.5) is 0 Å². The van der Waals surface area contributed by atoms with Crippen molar-refractivity contribution >= 4 is 104 Å². The van der Waals surface area contributed by atoms with Gasteiger partial charge in [0.2, 0.25) is 53.2 Å². The molecule has 0 aliphatic carbocycles. The van der Waals surface area contributed by atoms with Crippen molar-refractivity contribution in [2.24, 2.45) is 35.5 Å². The lowest BCUT2D eigenvalue weighted by Gasteiger charge is -2.41. The third kappa shape index (κ3) is 15.8. The molecule has 3 N–H and O–H groups in total. The number of hydrogen-bond acceptors (Lipinski definition) is 13. The first-order chi connectivity index (χ1) is 38.5. The number of ether oxygens (including phenoxy) is 3. The van der Waals surface area contributed by atoms with Gasteiger partial charge < -0.3 is 44.7 Å². The highest BCUT2D eigenvalue weighted by atomic mass is 127. The van der Waals surface area contributed by atoms with E-state index in [9.17, 15) is 53.1 Å². The zero-order chi connectivity index (χ0) is 61.3. The number of rotatable bonds is 26. The van der Waals surface area contributed by atoms with Crippen LogP contribution in [0.15, 0.2) is 43.0 Å². The van der Waals surface area contributed by atoms with Gasteiger partial charge in [0.1, 0.15) is 24.7 Å². The number of imide groups is 2.